The zero-order valence-electron chi connectivity index (χ0n) is 11.9. The van der Waals surface area contributed by atoms with Gasteiger partial charge >= 0.3 is 0 Å². The van der Waals surface area contributed by atoms with Gasteiger partial charge in [0.15, 0.2) is 5.78 Å². The van der Waals surface area contributed by atoms with Gasteiger partial charge in [0.05, 0.1) is 0 Å². The fourth-order valence-electron chi connectivity index (χ4n) is 6.02. The van der Waals surface area contributed by atoms with E-state index in [2.05, 4.69) is 20.8 Å². The van der Waals surface area contributed by atoms with Crippen LogP contribution in [-0.4, -0.2) is 5.78 Å². The SMILES string of the molecule is CC1(C)CCC2=C1C(=O)[C@@H]1CC3CCCC3[C@]21C. The van der Waals surface area contributed by atoms with E-state index in [1.165, 1.54) is 44.1 Å². The highest BCUT2D eigenvalue weighted by atomic mass is 16.1. The molecule has 2 saturated carbocycles. The van der Waals surface area contributed by atoms with Crippen LogP contribution in [-0.2, 0) is 4.79 Å². The lowest BCUT2D eigenvalue weighted by atomic mass is 9.69. The van der Waals surface area contributed by atoms with Crippen molar-refractivity contribution in [1.82, 2.24) is 0 Å². The third-order valence-corrected chi connectivity index (χ3v) is 6.88. The van der Waals surface area contributed by atoms with E-state index in [0.717, 1.165) is 11.8 Å². The second-order valence-corrected chi connectivity index (χ2v) is 7.97. The number of rotatable bonds is 0. The quantitative estimate of drug-likeness (QED) is 0.626. The molecular formula is C17H24O. The molecule has 0 aromatic carbocycles. The van der Waals surface area contributed by atoms with Crippen LogP contribution < -0.4 is 0 Å². The highest BCUT2D eigenvalue weighted by molar-refractivity contribution is 6.04. The molecule has 1 heteroatoms. The summed E-state index contributed by atoms with van der Waals surface area (Å²) in [7, 11) is 0. The number of ketones is 1. The molecule has 1 nitrogen and oxygen atoms in total. The minimum atomic E-state index is 0.161. The maximum Gasteiger partial charge on any atom is 0.163 e. The highest BCUT2D eigenvalue weighted by Crippen LogP contribution is 2.69. The van der Waals surface area contributed by atoms with E-state index < -0.39 is 0 Å². The van der Waals surface area contributed by atoms with E-state index in [1.54, 1.807) is 5.57 Å². The van der Waals surface area contributed by atoms with Gasteiger partial charge in [0.1, 0.15) is 0 Å². The molecule has 4 aliphatic rings. The van der Waals surface area contributed by atoms with Gasteiger partial charge in [-0.25, -0.2) is 0 Å². The van der Waals surface area contributed by atoms with Gasteiger partial charge in [-0.2, -0.15) is 0 Å². The predicted molar refractivity (Wildman–Crippen MR) is 72.1 cm³/mol. The minimum Gasteiger partial charge on any atom is -0.294 e. The van der Waals surface area contributed by atoms with Crippen molar-refractivity contribution in [2.75, 3.05) is 0 Å². The van der Waals surface area contributed by atoms with Crippen molar-refractivity contribution in [3.05, 3.63) is 11.1 Å². The molecule has 4 aliphatic carbocycles. The van der Waals surface area contributed by atoms with Crippen LogP contribution in [0.1, 0.15) is 59.3 Å². The highest BCUT2D eigenvalue weighted by Gasteiger charge is 2.64. The van der Waals surface area contributed by atoms with Crippen LogP contribution in [0.4, 0.5) is 0 Å². The second kappa shape index (κ2) is 3.11. The largest absolute Gasteiger partial charge is 0.294 e. The number of allylic oxidation sites excluding steroid dienone is 2. The summed E-state index contributed by atoms with van der Waals surface area (Å²) < 4.78 is 0. The van der Waals surface area contributed by atoms with Gasteiger partial charge in [0.25, 0.3) is 0 Å². The van der Waals surface area contributed by atoms with Crippen molar-refractivity contribution < 1.29 is 4.79 Å². The number of Topliss-reactive ketones (excluding diaryl/α,β-unsaturated/α-hetero) is 1. The van der Waals surface area contributed by atoms with E-state index >= 15 is 0 Å². The van der Waals surface area contributed by atoms with Gasteiger partial charge < -0.3 is 0 Å². The Morgan fingerprint density at radius 3 is 2.72 bits per heavy atom. The number of carbonyl (C=O) groups excluding carboxylic acids is 1. The summed E-state index contributed by atoms with van der Waals surface area (Å²) in [6.07, 6.45) is 7.76. The molecule has 0 aromatic heterocycles. The Morgan fingerprint density at radius 1 is 1.17 bits per heavy atom. The van der Waals surface area contributed by atoms with Crippen molar-refractivity contribution in [3.63, 3.8) is 0 Å². The molecular weight excluding hydrogens is 220 g/mol. The molecule has 0 aromatic rings. The van der Waals surface area contributed by atoms with Crippen LogP contribution in [0.5, 0.6) is 0 Å². The Kier molecular flexibility index (Phi) is 1.94. The zero-order chi connectivity index (χ0) is 12.7. The van der Waals surface area contributed by atoms with Crippen molar-refractivity contribution in [1.29, 1.82) is 0 Å². The molecule has 4 atom stereocenters. The second-order valence-electron chi connectivity index (χ2n) is 7.97. The van der Waals surface area contributed by atoms with E-state index in [4.69, 9.17) is 0 Å². The van der Waals surface area contributed by atoms with Crippen LogP contribution in [0.2, 0.25) is 0 Å². The fourth-order valence-corrected chi connectivity index (χ4v) is 6.02. The average Bonchev–Trinajstić information content (AvgIpc) is 2.96. The Hall–Kier alpha value is -0.590. The Labute approximate surface area is 110 Å². The topological polar surface area (TPSA) is 17.1 Å². The number of hydrogen-bond acceptors (Lipinski definition) is 1. The molecule has 0 amide bonds. The smallest absolute Gasteiger partial charge is 0.163 e. The fraction of sp³-hybridized carbons (Fsp3) is 0.824. The predicted octanol–water partition coefficient (Wildman–Crippen LogP) is 4.13. The van der Waals surface area contributed by atoms with Crippen molar-refractivity contribution in [2.45, 2.75) is 59.3 Å². The third-order valence-electron chi connectivity index (χ3n) is 6.88. The first kappa shape index (κ1) is 11.3. The van der Waals surface area contributed by atoms with E-state index in [9.17, 15) is 4.79 Å². The Bertz CT molecular complexity index is 470. The van der Waals surface area contributed by atoms with E-state index in [0.29, 0.717) is 11.7 Å². The van der Waals surface area contributed by atoms with Crippen molar-refractivity contribution >= 4 is 5.78 Å². The maximum atomic E-state index is 12.9. The molecule has 0 saturated heterocycles. The van der Waals surface area contributed by atoms with Crippen LogP contribution in [0.25, 0.3) is 0 Å². The first-order chi connectivity index (χ1) is 8.46. The van der Waals surface area contributed by atoms with Gasteiger partial charge in [-0.1, -0.05) is 39.2 Å². The Balaban J connectivity index is 1.87. The van der Waals surface area contributed by atoms with Gasteiger partial charge in [0.2, 0.25) is 0 Å². The van der Waals surface area contributed by atoms with Gasteiger partial charge in [-0.15, -0.1) is 0 Å². The van der Waals surface area contributed by atoms with Gasteiger partial charge in [-0.05, 0) is 42.9 Å². The number of carbonyl (C=O) groups is 1. The number of fused-ring (bicyclic) bond motifs is 4. The summed E-state index contributed by atoms with van der Waals surface area (Å²) in [6.45, 7) is 7.00. The van der Waals surface area contributed by atoms with E-state index in [1.807, 2.05) is 0 Å². The summed E-state index contributed by atoms with van der Waals surface area (Å²) in [4.78, 5) is 12.9. The first-order valence-corrected chi connectivity index (χ1v) is 7.74. The minimum absolute atomic E-state index is 0.161. The lowest BCUT2D eigenvalue weighted by molar-refractivity contribution is -0.121. The van der Waals surface area contributed by atoms with Crippen LogP contribution in [0.3, 0.4) is 0 Å². The standard InChI is InChI=1S/C17H24O/c1-16(2)8-7-12-14(16)15(18)13-9-10-5-4-6-11(10)17(12,13)3/h10-11,13H,4-9H2,1-3H3/t10?,11?,13-,17+/m0/s1. The monoisotopic (exact) mass is 244 g/mol. The number of hydrogen-bond donors (Lipinski definition) is 0. The van der Waals surface area contributed by atoms with Crippen LogP contribution in [0, 0.1) is 28.6 Å². The zero-order valence-corrected chi connectivity index (χ0v) is 11.9. The molecule has 2 unspecified atom stereocenters. The lowest BCUT2D eigenvalue weighted by Crippen LogP contribution is -2.30. The summed E-state index contributed by atoms with van der Waals surface area (Å²) in [6, 6.07) is 0. The molecule has 0 bridgehead atoms. The lowest BCUT2D eigenvalue weighted by Gasteiger charge is -2.33. The average molecular weight is 244 g/mol. The van der Waals surface area contributed by atoms with E-state index in [-0.39, 0.29) is 10.8 Å². The van der Waals surface area contributed by atoms with Gasteiger partial charge in [-0.3, -0.25) is 4.79 Å². The molecule has 18 heavy (non-hydrogen) atoms. The van der Waals surface area contributed by atoms with Crippen LogP contribution >= 0.6 is 0 Å². The molecule has 0 heterocycles. The summed E-state index contributed by atoms with van der Waals surface area (Å²) in [5, 5.41) is 0. The summed E-state index contributed by atoms with van der Waals surface area (Å²) in [5.74, 6) is 2.59. The first-order valence-electron chi connectivity index (χ1n) is 7.74. The summed E-state index contributed by atoms with van der Waals surface area (Å²) in [5.41, 5.74) is 3.28. The molecule has 4 rings (SSSR count). The molecule has 0 aliphatic heterocycles. The van der Waals surface area contributed by atoms with Crippen LogP contribution in [0.15, 0.2) is 11.1 Å². The van der Waals surface area contributed by atoms with Crippen molar-refractivity contribution in [3.8, 4) is 0 Å². The van der Waals surface area contributed by atoms with Crippen molar-refractivity contribution in [2.24, 2.45) is 28.6 Å². The molecule has 2 fully saturated rings. The summed E-state index contributed by atoms with van der Waals surface area (Å²) >= 11 is 0. The molecule has 98 valence electrons. The normalized spacial score (nSPS) is 48.6. The third kappa shape index (κ3) is 1.04. The molecule has 0 spiro atoms. The molecule has 0 radical (unpaired) electrons. The Morgan fingerprint density at radius 2 is 1.94 bits per heavy atom. The molecule has 0 N–H and O–H groups in total. The maximum absolute atomic E-state index is 12.9. The van der Waals surface area contributed by atoms with Gasteiger partial charge in [0, 0.05) is 16.9 Å².